The number of hydrogen-bond acceptors (Lipinski definition) is 8. The molecule has 0 radical (unpaired) electrons. The van der Waals surface area contributed by atoms with Crippen molar-refractivity contribution in [2.45, 2.75) is 0 Å². The fourth-order valence-corrected chi connectivity index (χ4v) is 3.86. The lowest BCUT2D eigenvalue weighted by Gasteiger charge is -2.24. The summed E-state index contributed by atoms with van der Waals surface area (Å²) in [6, 6.07) is 12.8. The molecule has 0 fully saturated rings. The fourth-order valence-electron chi connectivity index (χ4n) is 3.86. The number of fused-ring (bicyclic) bond motifs is 1. The van der Waals surface area contributed by atoms with Crippen molar-refractivity contribution in [3.8, 4) is 22.9 Å². The number of carbonyl (C=O) groups excluding carboxylic acids is 1. The van der Waals surface area contributed by atoms with Gasteiger partial charge in [-0.05, 0) is 42.5 Å². The number of primary amides is 1. The number of para-hydroxylation sites is 1. The lowest BCUT2D eigenvalue weighted by Crippen LogP contribution is -2.22. The molecule has 0 atom stereocenters. The van der Waals surface area contributed by atoms with E-state index in [-0.39, 0.29) is 17.1 Å². The first-order valence-electron chi connectivity index (χ1n) is 10.9. The molecule has 1 aliphatic rings. The van der Waals surface area contributed by atoms with Gasteiger partial charge in [-0.3, -0.25) is 9.78 Å². The number of amides is 1. The van der Waals surface area contributed by atoms with Crippen LogP contribution in [0.25, 0.3) is 22.4 Å². The number of carbonyl (C=O) groups is 1. The van der Waals surface area contributed by atoms with E-state index in [2.05, 4.69) is 9.97 Å². The first-order chi connectivity index (χ1) is 17.4. The van der Waals surface area contributed by atoms with E-state index >= 15 is 0 Å². The van der Waals surface area contributed by atoms with E-state index in [1.54, 1.807) is 36.7 Å². The Labute approximate surface area is 205 Å². The highest BCUT2D eigenvalue weighted by atomic mass is 19.1. The number of methoxy groups -OCH3 is 1. The van der Waals surface area contributed by atoms with Crippen LogP contribution in [0.4, 0.5) is 15.8 Å². The monoisotopic (exact) mass is 484 g/mol. The molecule has 2 aromatic heterocycles. The number of anilines is 2. The lowest BCUT2D eigenvalue weighted by molar-refractivity contribution is 0.0996. The van der Waals surface area contributed by atoms with Crippen LogP contribution in [0.2, 0.25) is 0 Å². The number of rotatable bonds is 6. The zero-order chi connectivity index (χ0) is 25.2. The summed E-state index contributed by atoms with van der Waals surface area (Å²) in [5.41, 5.74) is 14.3. The van der Waals surface area contributed by atoms with E-state index in [4.69, 9.17) is 25.9 Å². The molecule has 5 rings (SSSR count). The van der Waals surface area contributed by atoms with Crippen molar-refractivity contribution in [2.75, 3.05) is 24.3 Å². The third kappa shape index (κ3) is 4.27. The molecule has 0 saturated heterocycles. The van der Waals surface area contributed by atoms with Gasteiger partial charge >= 0.3 is 0 Å². The quantitative estimate of drug-likeness (QED) is 0.423. The van der Waals surface area contributed by atoms with Crippen molar-refractivity contribution in [1.29, 1.82) is 0 Å². The molecule has 4 N–H and O–H groups in total. The molecule has 3 heterocycles. The summed E-state index contributed by atoms with van der Waals surface area (Å²) in [5.74, 6) is -0.0240. The third-order valence-corrected chi connectivity index (χ3v) is 5.50. The van der Waals surface area contributed by atoms with Gasteiger partial charge in [0.2, 0.25) is 0 Å². The van der Waals surface area contributed by atoms with Gasteiger partial charge in [0.1, 0.15) is 28.5 Å². The Morgan fingerprint density at radius 2 is 1.94 bits per heavy atom. The number of pyridine rings is 1. The van der Waals surface area contributed by atoms with Crippen LogP contribution in [0.3, 0.4) is 0 Å². The summed E-state index contributed by atoms with van der Waals surface area (Å²) in [6.45, 7) is 0.521. The number of allylic oxidation sites excluding steroid dienone is 1. The van der Waals surface area contributed by atoms with Crippen LogP contribution in [0, 0.1) is 5.82 Å². The van der Waals surface area contributed by atoms with Crippen LogP contribution in [-0.4, -0.2) is 34.5 Å². The van der Waals surface area contributed by atoms with Crippen LogP contribution in [0.1, 0.15) is 10.5 Å². The number of hydrogen-bond donors (Lipinski definition) is 2. The number of benzene rings is 2. The molecule has 4 aromatic rings. The zero-order valence-corrected chi connectivity index (χ0v) is 19.2. The minimum Gasteiger partial charge on any atom is -0.493 e. The summed E-state index contributed by atoms with van der Waals surface area (Å²) < 4.78 is 24.8. The molecular weight excluding hydrogens is 463 g/mol. The number of nitrogen functional groups attached to an aromatic ring is 1. The van der Waals surface area contributed by atoms with Crippen LogP contribution < -0.4 is 25.8 Å². The molecule has 9 nitrogen and oxygen atoms in total. The summed E-state index contributed by atoms with van der Waals surface area (Å²) >= 11 is 0. The molecule has 1 amide bonds. The number of aromatic nitrogens is 3. The lowest BCUT2D eigenvalue weighted by atomic mass is 10.1. The van der Waals surface area contributed by atoms with Crippen molar-refractivity contribution in [2.24, 2.45) is 5.73 Å². The fraction of sp³-hybridized carbons (Fsp3) is 0.0769. The predicted molar refractivity (Wildman–Crippen MR) is 134 cm³/mol. The average molecular weight is 484 g/mol. The molecular formula is C26H21FN6O3. The minimum absolute atomic E-state index is 0.0217. The van der Waals surface area contributed by atoms with Gasteiger partial charge in [0.15, 0.2) is 17.2 Å². The molecule has 36 heavy (non-hydrogen) atoms. The minimum atomic E-state index is -0.736. The van der Waals surface area contributed by atoms with Gasteiger partial charge in [-0.1, -0.05) is 12.1 Å². The highest BCUT2D eigenvalue weighted by molar-refractivity contribution is 6.01. The topological polar surface area (TPSA) is 129 Å². The van der Waals surface area contributed by atoms with Crippen LogP contribution in [0.15, 0.2) is 78.8 Å². The molecule has 0 unspecified atom stereocenters. The third-order valence-electron chi connectivity index (χ3n) is 5.50. The van der Waals surface area contributed by atoms with Gasteiger partial charge < -0.3 is 25.8 Å². The molecule has 0 saturated carbocycles. The molecule has 0 bridgehead atoms. The number of halogens is 1. The van der Waals surface area contributed by atoms with Gasteiger partial charge in [-0.2, -0.15) is 0 Å². The summed E-state index contributed by atoms with van der Waals surface area (Å²) in [6.07, 6.45) is 7.06. The van der Waals surface area contributed by atoms with E-state index in [0.29, 0.717) is 46.2 Å². The van der Waals surface area contributed by atoms with Crippen molar-refractivity contribution in [3.05, 3.63) is 90.4 Å². The Morgan fingerprint density at radius 1 is 1.08 bits per heavy atom. The average Bonchev–Trinajstić information content (AvgIpc) is 2.89. The molecule has 10 heteroatoms. The molecule has 0 spiro atoms. The van der Waals surface area contributed by atoms with Crippen molar-refractivity contribution >= 4 is 28.3 Å². The Hall–Kier alpha value is -4.99. The highest BCUT2D eigenvalue weighted by Gasteiger charge is 2.21. The predicted octanol–water partition coefficient (Wildman–Crippen LogP) is 3.82. The summed E-state index contributed by atoms with van der Waals surface area (Å²) in [5, 5.41) is 0. The normalized spacial score (nSPS) is 12.9. The Morgan fingerprint density at radius 3 is 2.72 bits per heavy atom. The molecule has 0 aliphatic carbocycles. The number of ether oxygens (including phenoxy) is 2. The second-order valence-electron chi connectivity index (χ2n) is 7.85. The van der Waals surface area contributed by atoms with E-state index in [9.17, 15) is 9.18 Å². The van der Waals surface area contributed by atoms with Gasteiger partial charge in [0.25, 0.3) is 5.91 Å². The Balaban J connectivity index is 1.59. The van der Waals surface area contributed by atoms with Crippen LogP contribution in [-0.2, 0) is 0 Å². The zero-order valence-electron chi connectivity index (χ0n) is 19.2. The molecule has 180 valence electrons. The van der Waals surface area contributed by atoms with Gasteiger partial charge in [0, 0.05) is 25.0 Å². The molecule has 2 aromatic carbocycles. The second kappa shape index (κ2) is 9.34. The van der Waals surface area contributed by atoms with Crippen molar-refractivity contribution in [3.63, 3.8) is 0 Å². The molecule has 1 aliphatic heterocycles. The smallest absolute Gasteiger partial charge is 0.269 e. The first-order valence-corrected chi connectivity index (χ1v) is 10.9. The van der Waals surface area contributed by atoms with Gasteiger partial charge in [0.05, 0.1) is 24.0 Å². The first kappa shape index (κ1) is 22.8. The van der Waals surface area contributed by atoms with Crippen LogP contribution >= 0.6 is 0 Å². The number of nitrogens with two attached hydrogens (primary N) is 2. The van der Waals surface area contributed by atoms with Crippen molar-refractivity contribution < 1.29 is 18.7 Å². The second-order valence-corrected chi connectivity index (χ2v) is 7.85. The van der Waals surface area contributed by atoms with E-state index in [0.717, 1.165) is 0 Å². The number of nitrogens with zero attached hydrogens (tertiary/aromatic N) is 4. The standard InChI is InChI=1S/C26H21FN6O3/c1-35-21-13-15(27)9-10-20(21)36-16-5-4-12-33(14-16)19-8-2-7-18-23(19)32-24(25(31-18)26(29)34)22-17(28)6-3-11-30-22/h2-11,13-14H,12,28H2,1H3,(H2,29,34). The largest absolute Gasteiger partial charge is 0.493 e. The maximum absolute atomic E-state index is 13.6. The van der Waals surface area contributed by atoms with Crippen LogP contribution in [0.5, 0.6) is 11.5 Å². The van der Waals surface area contributed by atoms with Gasteiger partial charge in [-0.15, -0.1) is 0 Å². The maximum Gasteiger partial charge on any atom is 0.269 e. The van der Waals surface area contributed by atoms with E-state index < -0.39 is 11.7 Å². The van der Waals surface area contributed by atoms with E-state index in [1.165, 1.54) is 25.3 Å². The van der Waals surface area contributed by atoms with Gasteiger partial charge in [-0.25, -0.2) is 14.4 Å². The van der Waals surface area contributed by atoms with E-state index in [1.807, 2.05) is 23.1 Å². The Bertz CT molecular complexity index is 1550. The summed E-state index contributed by atoms with van der Waals surface area (Å²) in [7, 11) is 1.44. The van der Waals surface area contributed by atoms with Crippen molar-refractivity contribution in [1.82, 2.24) is 15.0 Å². The summed E-state index contributed by atoms with van der Waals surface area (Å²) in [4.78, 5) is 27.6. The SMILES string of the molecule is COc1cc(F)ccc1OC1=CN(c2cccc3nc(C(N)=O)c(-c4ncccc4N)nc23)CC=C1. The maximum atomic E-state index is 13.6. The highest BCUT2D eigenvalue weighted by Crippen LogP contribution is 2.33. The Kier molecular flexibility index (Phi) is 5.91.